The van der Waals surface area contributed by atoms with Crippen molar-refractivity contribution in [2.45, 2.75) is 38.8 Å². The maximum atomic E-state index is 12.0. The molecule has 4 heteroatoms. The molecule has 112 valence electrons. The lowest BCUT2D eigenvalue weighted by Crippen LogP contribution is -2.33. The van der Waals surface area contributed by atoms with Crippen molar-refractivity contribution in [2.24, 2.45) is 0 Å². The second kappa shape index (κ2) is 6.31. The molecule has 0 spiro atoms. The van der Waals surface area contributed by atoms with Gasteiger partial charge in [-0.05, 0) is 48.4 Å². The Morgan fingerprint density at radius 2 is 2.33 bits per heavy atom. The van der Waals surface area contributed by atoms with Crippen molar-refractivity contribution in [2.75, 3.05) is 13.2 Å². The van der Waals surface area contributed by atoms with Crippen LogP contribution in [0.3, 0.4) is 0 Å². The molecule has 0 radical (unpaired) electrons. The summed E-state index contributed by atoms with van der Waals surface area (Å²) in [6.07, 6.45) is 5.36. The van der Waals surface area contributed by atoms with E-state index in [0.717, 1.165) is 31.4 Å². The summed E-state index contributed by atoms with van der Waals surface area (Å²) in [5.41, 5.74) is 2.43. The highest BCUT2D eigenvalue weighted by molar-refractivity contribution is 5.83. The predicted octanol–water partition coefficient (Wildman–Crippen LogP) is 2.50. The molecule has 0 saturated carbocycles. The first-order chi connectivity index (χ1) is 10.3. The first-order valence-electron chi connectivity index (χ1n) is 7.72. The highest BCUT2D eigenvalue weighted by Crippen LogP contribution is 2.18. The van der Waals surface area contributed by atoms with E-state index >= 15 is 0 Å². The van der Waals surface area contributed by atoms with Gasteiger partial charge in [0.1, 0.15) is 6.54 Å². The van der Waals surface area contributed by atoms with E-state index in [2.05, 4.69) is 36.5 Å². The fourth-order valence-corrected chi connectivity index (χ4v) is 2.85. The van der Waals surface area contributed by atoms with Gasteiger partial charge in [0.2, 0.25) is 5.91 Å². The third-order valence-electron chi connectivity index (χ3n) is 4.11. The van der Waals surface area contributed by atoms with E-state index in [4.69, 9.17) is 4.74 Å². The summed E-state index contributed by atoms with van der Waals surface area (Å²) in [5.74, 6) is 0.0440. The van der Waals surface area contributed by atoms with Crippen LogP contribution in [0, 0.1) is 0 Å². The molecule has 1 N–H and O–H groups in total. The van der Waals surface area contributed by atoms with E-state index in [1.807, 2.05) is 10.8 Å². The van der Waals surface area contributed by atoms with Crippen LogP contribution in [0.25, 0.3) is 10.9 Å². The predicted molar refractivity (Wildman–Crippen MR) is 83.3 cm³/mol. The van der Waals surface area contributed by atoms with Gasteiger partial charge >= 0.3 is 0 Å². The molecule has 4 nitrogen and oxygen atoms in total. The van der Waals surface area contributed by atoms with Crippen molar-refractivity contribution in [1.29, 1.82) is 0 Å². The molecule has 1 aromatic carbocycles. The SMILES string of the molecule is CCc1ccc2c(ccn2CC(=O)NCC2CCCO2)c1. The van der Waals surface area contributed by atoms with Crippen LogP contribution in [-0.4, -0.2) is 29.7 Å². The number of carbonyl (C=O) groups is 1. The molecule has 1 aliphatic heterocycles. The van der Waals surface area contributed by atoms with Gasteiger partial charge in [-0.3, -0.25) is 4.79 Å². The summed E-state index contributed by atoms with van der Waals surface area (Å²) < 4.78 is 7.51. The van der Waals surface area contributed by atoms with Gasteiger partial charge in [-0.25, -0.2) is 0 Å². The van der Waals surface area contributed by atoms with Gasteiger partial charge in [0.25, 0.3) is 0 Å². The molecule has 1 amide bonds. The number of fused-ring (bicyclic) bond motifs is 1. The Kier molecular flexibility index (Phi) is 4.25. The van der Waals surface area contributed by atoms with Crippen molar-refractivity contribution in [1.82, 2.24) is 9.88 Å². The number of carbonyl (C=O) groups excluding carboxylic acids is 1. The third-order valence-corrected chi connectivity index (χ3v) is 4.11. The number of rotatable bonds is 5. The molecule has 1 aromatic heterocycles. The largest absolute Gasteiger partial charge is 0.376 e. The van der Waals surface area contributed by atoms with Crippen LogP contribution >= 0.6 is 0 Å². The highest BCUT2D eigenvalue weighted by Gasteiger charge is 2.16. The quantitative estimate of drug-likeness (QED) is 0.917. The van der Waals surface area contributed by atoms with Gasteiger partial charge in [0, 0.05) is 24.9 Å². The van der Waals surface area contributed by atoms with E-state index in [1.54, 1.807) is 0 Å². The Balaban J connectivity index is 1.62. The van der Waals surface area contributed by atoms with E-state index in [9.17, 15) is 4.79 Å². The van der Waals surface area contributed by atoms with E-state index < -0.39 is 0 Å². The van der Waals surface area contributed by atoms with Crippen molar-refractivity contribution < 1.29 is 9.53 Å². The fraction of sp³-hybridized carbons (Fsp3) is 0.471. The molecular weight excluding hydrogens is 264 g/mol. The molecule has 1 fully saturated rings. The number of amides is 1. The van der Waals surface area contributed by atoms with Gasteiger partial charge in [-0.1, -0.05) is 13.0 Å². The standard InChI is InChI=1S/C17H22N2O2/c1-2-13-5-6-16-14(10-13)7-8-19(16)12-17(20)18-11-15-4-3-9-21-15/h5-8,10,15H,2-4,9,11-12H2,1H3,(H,18,20). The minimum atomic E-state index is 0.0440. The van der Waals surface area contributed by atoms with Crippen LogP contribution in [0.2, 0.25) is 0 Å². The minimum Gasteiger partial charge on any atom is -0.376 e. The third kappa shape index (κ3) is 3.27. The molecule has 1 unspecified atom stereocenters. The Bertz CT molecular complexity index is 627. The van der Waals surface area contributed by atoms with Crippen molar-refractivity contribution >= 4 is 16.8 Å². The smallest absolute Gasteiger partial charge is 0.240 e. The summed E-state index contributed by atoms with van der Waals surface area (Å²) in [6.45, 7) is 3.96. The molecule has 0 bridgehead atoms. The molecular formula is C17H22N2O2. The van der Waals surface area contributed by atoms with Gasteiger partial charge in [-0.15, -0.1) is 0 Å². The van der Waals surface area contributed by atoms with Crippen molar-refractivity contribution in [3.8, 4) is 0 Å². The fourth-order valence-electron chi connectivity index (χ4n) is 2.85. The zero-order valence-electron chi connectivity index (χ0n) is 12.5. The van der Waals surface area contributed by atoms with Crippen LogP contribution in [0.1, 0.15) is 25.3 Å². The number of benzene rings is 1. The van der Waals surface area contributed by atoms with Gasteiger partial charge < -0.3 is 14.6 Å². The first kappa shape index (κ1) is 14.1. The maximum Gasteiger partial charge on any atom is 0.240 e. The first-order valence-corrected chi connectivity index (χ1v) is 7.72. The molecule has 2 aromatic rings. The second-order valence-corrected chi connectivity index (χ2v) is 5.63. The van der Waals surface area contributed by atoms with Crippen molar-refractivity contribution in [3.63, 3.8) is 0 Å². The Morgan fingerprint density at radius 3 is 3.10 bits per heavy atom. The second-order valence-electron chi connectivity index (χ2n) is 5.63. The lowest BCUT2D eigenvalue weighted by molar-refractivity contribution is -0.122. The van der Waals surface area contributed by atoms with Crippen LogP contribution in [-0.2, 0) is 22.5 Å². The van der Waals surface area contributed by atoms with Crippen molar-refractivity contribution in [3.05, 3.63) is 36.0 Å². The highest BCUT2D eigenvalue weighted by atomic mass is 16.5. The molecule has 21 heavy (non-hydrogen) atoms. The van der Waals surface area contributed by atoms with Crippen LogP contribution in [0.4, 0.5) is 0 Å². The molecule has 2 heterocycles. The number of nitrogens with one attached hydrogen (secondary N) is 1. The molecule has 1 atom stereocenters. The molecule has 1 saturated heterocycles. The van der Waals surface area contributed by atoms with Crippen LogP contribution in [0.5, 0.6) is 0 Å². The average Bonchev–Trinajstić information content (AvgIpc) is 3.14. The number of ether oxygens (including phenoxy) is 1. The molecule has 0 aliphatic carbocycles. The number of aromatic nitrogens is 1. The topological polar surface area (TPSA) is 43.3 Å². The number of nitrogens with zero attached hydrogens (tertiary/aromatic N) is 1. The number of hydrogen-bond donors (Lipinski definition) is 1. The summed E-state index contributed by atoms with van der Waals surface area (Å²) in [4.78, 5) is 12.0. The Hall–Kier alpha value is -1.81. The number of hydrogen-bond acceptors (Lipinski definition) is 2. The summed E-state index contributed by atoms with van der Waals surface area (Å²) >= 11 is 0. The van der Waals surface area contributed by atoms with Gasteiger partial charge in [0.15, 0.2) is 0 Å². The normalized spacial score (nSPS) is 18.2. The zero-order chi connectivity index (χ0) is 14.7. The number of aryl methyl sites for hydroxylation is 1. The Labute approximate surface area is 125 Å². The molecule has 3 rings (SSSR count). The molecule has 1 aliphatic rings. The summed E-state index contributed by atoms with van der Waals surface area (Å²) in [5, 5.41) is 4.16. The van der Waals surface area contributed by atoms with Crippen LogP contribution in [0.15, 0.2) is 30.5 Å². The van der Waals surface area contributed by atoms with Gasteiger partial charge in [-0.2, -0.15) is 0 Å². The Morgan fingerprint density at radius 1 is 1.43 bits per heavy atom. The van der Waals surface area contributed by atoms with E-state index in [-0.39, 0.29) is 12.0 Å². The average molecular weight is 286 g/mol. The van der Waals surface area contributed by atoms with E-state index in [0.29, 0.717) is 13.1 Å². The monoisotopic (exact) mass is 286 g/mol. The maximum absolute atomic E-state index is 12.0. The summed E-state index contributed by atoms with van der Waals surface area (Å²) in [7, 11) is 0. The van der Waals surface area contributed by atoms with Gasteiger partial charge in [0.05, 0.1) is 6.10 Å². The minimum absolute atomic E-state index is 0.0440. The zero-order valence-corrected chi connectivity index (χ0v) is 12.5. The van der Waals surface area contributed by atoms with E-state index in [1.165, 1.54) is 10.9 Å². The van der Waals surface area contributed by atoms with Crippen LogP contribution < -0.4 is 5.32 Å². The summed E-state index contributed by atoms with van der Waals surface area (Å²) in [6, 6.07) is 8.49. The lowest BCUT2D eigenvalue weighted by atomic mass is 10.1. The lowest BCUT2D eigenvalue weighted by Gasteiger charge is -2.11.